The second kappa shape index (κ2) is 7.13. The van der Waals surface area contributed by atoms with Crippen molar-refractivity contribution in [1.82, 2.24) is 9.97 Å². The van der Waals surface area contributed by atoms with E-state index in [9.17, 15) is 5.11 Å². The highest BCUT2D eigenvalue weighted by Gasteiger charge is 2.48. The number of ether oxygens (including phenoxy) is 3. The van der Waals surface area contributed by atoms with Crippen molar-refractivity contribution in [2.75, 3.05) is 31.2 Å². The summed E-state index contributed by atoms with van der Waals surface area (Å²) < 4.78 is 17.2. The highest BCUT2D eigenvalue weighted by molar-refractivity contribution is 6.34. The van der Waals surface area contributed by atoms with Gasteiger partial charge in [-0.15, -0.1) is 0 Å². The maximum atomic E-state index is 9.89. The van der Waals surface area contributed by atoms with Gasteiger partial charge in [-0.1, -0.05) is 23.7 Å². The van der Waals surface area contributed by atoms with Crippen LogP contribution < -0.4 is 9.64 Å². The predicted molar refractivity (Wildman–Crippen MR) is 113 cm³/mol. The number of aliphatic hydroxyl groups is 1. The van der Waals surface area contributed by atoms with E-state index in [4.69, 9.17) is 25.8 Å². The monoisotopic (exact) mass is 427 g/mol. The zero-order valence-corrected chi connectivity index (χ0v) is 17.0. The number of rotatable bonds is 4. The first-order valence-electron chi connectivity index (χ1n) is 10.3. The number of benzene rings is 2. The molecule has 0 amide bonds. The number of aromatic nitrogens is 2. The van der Waals surface area contributed by atoms with Crippen LogP contribution in [0.15, 0.2) is 36.4 Å². The van der Waals surface area contributed by atoms with E-state index in [2.05, 4.69) is 39.1 Å². The first-order chi connectivity index (χ1) is 14.7. The molecule has 6 rings (SSSR count). The van der Waals surface area contributed by atoms with Crippen LogP contribution in [0, 0.1) is 0 Å². The van der Waals surface area contributed by atoms with Crippen LogP contribution in [-0.2, 0) is 9.47 Å². The third-order valence-electron chi connectivity index (χ3n) is 6.19. The summed E-state index contributed by atoms with van der Waals surface area (Å²) in [5.41, 5.74) is 4.81. The predicted octanol–water partition coefficient (Wildman–Crippen LogP) is 3.00. The average Bonchev–Trinajstić information content (AvgIpc) is 3.38. The lowest BCUT2D eigenvalue weighted by atomic mass is 10.0. The molecule has 0 saturated carbocycles. The largest absolute Gasteiger partial charge is 0.456 e. The van der Waals surface area contributed by atoms with Crippen molar-refractivity contribution in [3.05, 3.63) is 41.4 Å². The molecule has 4 heterocycles. The number of halogens is 1. The van der Waals surface area contributed by atoms with E-state index < -0.39 is 6.10 Å². The van der Waals surface area contributed by atoms with Gasteiger partial charge in [0, 0.05) is 24.3 Å². The lowest BCUT2D eigenvalue weighted by molar-refractivity contribution is 0.00706. The van der Waals surface area contributed by atoms with Gasteiger partial charge in [0.15, 0.2) is 6.10 Å². The van der Waals surface area contributed by atoms with Crippen LogP contribution in [0.2, 0.25) is 5.02 Å². The molecule has 4 atom stereocenters. The van der Waals surface area contributed by atoms with E-state index in [1.807, 2.05) is 12.1 Å². The summed E-state index contributed by atoms with van der Waals surface area (Å²) in [6, 6.07) is 12.7. The first-order valence-corrected chi connectivity index (χ1v) is 10.7. The Kier molecular flexibility index (Phi) is 4.38. The molecule has 1 aromatic heterocycles. The van der Waals surface area contributed by atoms with E-state index in [1.54, 1.807) is 0 Å². The second-order valence-electron chi connectivity index (χ2n) is 8.10. The first kappa shape index (κ1) is 18.4. The number of nitrogens with one attached hydrogen (secondary N) is 1. The van der Waals surface area contributed by atoms with Crippen molar-refractivity contribution in [2.24, 2.45) is 0 Å². The van der Waals surface area contributed by atoms with E-state index >= 15 is 0 Å². The van der Waals surface area contributed by atoms with Crippen molar-refractivity contribution in [3.8, 4) is 17.1 Å². The van der Waals surface area contributed by atoms with Crippen LogP contribution in [-0.4, -0.2) is 65.8 Å². The SMILES string of the molecule is OC1CO[C@@H]2C(Oc3nc4cc(-c5ccc(N6CCC6)cc5)c(Cl)cc4[nH]3)CO[C@H]12. The van der Waals surface area contributed by atoms with Gasteiger partial charge in [0.2, 0.25) is 0 Å². The van der Waals surface area contributed by atoms with Crippen LogP contribution in [0.25, 0.3) is 22.2 Å². The number of fused-ring (bicyclic) bond motifs is 2. The molecule has 0 radical (unpaired) electrons. The van der Waals surface area contributed by atoms with Gasteiger partial charge in [0.25, 0.3) is 6.01 Å². The number of H-pyrrole nitrogens is 1. The number of hydrogen-bond acceptors (Lipinski definition) is 6. The minimum absolute atomic E-state index is 0.269. The highest BCUT2D eigenvalue weighted by atomic mass is 35.5. The van der Waals surface area contributed by atoms with Gasteiger partial charge in [0.1, 0.15) is 18.3 Å². The number of aromatic amines is 1. The molecule has 2 unspecified atom stereocenters. The molecule has 3 aliphatic heterocycles. The fraction of sp³-hybridized carbons (Fsp3) is 0.409. The molecule has 30 heavy (non-hydrogen) atoms. The summed E-state index contributed by atoms with van der Waals surface area (Å²) in [5, 5.41) is 10.5. The molecule has 3 aliphatic rings. The maximum absolute atomic E-state index is 9.89. The van der Waals surface area contributed by atoms with Gasteiger partial charge < -0.3 is 29.2 Å². The van der Waals surface area contributed by atoms with Crippen molar-refractivity contribution in [3.63, 3.8) is 0 Å². The molecule has 2 N–H and O–H groups in total. The van der Waals surface area contributed by atoms with Crippen molar-refractivity contribution < 1.29 is 19.3 Å². The lowest BCUT2D eigenvalue weighted by Crippen LogP contribution is -2.36. The molecule has 3 aromatic rings. The number of anilines is 1. The van der Waals surface area contributed by atoms with Crippen LogP contribution in [0.1, 0.15) is 6.42 Å². The third kappa shape index (κ3) is 3.04. The minimum Gasteiger partial charge on any atom is -0.456 e. The van der Waals surface area contributed by atoms with E-state index in [1.165, 1.54) is 12.1 Å². The molecule has 3 fully saturated rings. The molecule has 3 saturated heterocycles. The fourth-order valence-electron chi connectivity index (χ4n) is 4.40. The van der Waals surface area contributed by atoms with E-state index in [0.29, 0.717) is 17.6 Å². The molecule has 8 heteroatoms. The Morgan fingerprint density at radius 1 is 1.10 bits per heavy atom. The molecule has 0 aliphatic carbocycles. The van der Waals surface area contributed by atoms with Crippen LogP contribution in [0.3, 0.4) is 0 Å². The molecular weight excluding hydrogens is 406 g/mol. The summed E-state index contributed by atoms with van der Waals surface area (Å²) in [4.78, 5) is 10.1. The smallest absolute Gasteiger partial charge is 0.295 e. The van der Waals surface area contributed by atoms with Gasteiger partial charge in [-0.25, -0.2) is 0 Å². The highest BCUT2D eigenvalue weighted by Crippen LogP contribution is 2.35. The molecule has 0 spiro atoms. The fourth-order valence-corrected chi connectivity index (χ4v) is 4.67. The molecule has 7 nitrogen and oxygen atoms in total. The van der Waals surface area contributed by atoms with Gasteiger partial charge in [-0.2, -0.15) is 4.98 Å². The summed E-state index contributed by atoms with van der Waals surface area (Å²) in [6.07, 6.45) is -0.267. The summed E-state index contributed by atoms with van der Waals surface area (Å²) in [7, 11) is 0. The van der Waals surface area contributed by atoms with E-state index in [0.717, 1.165) is 35.2 Å². The van der Waals surface area contributed by atoms with Crippen molar-refractivity contribution >= 4 is 28.3 Å². The third-order valence-corrected chi connectivity index (χ3v) is 6.51. The number of hydrogen-bond donors (Lipinski definition) is 2. The van der Waals surface area contributed by atoms with Gasteiger partial charge in [-0.3, -0.25) is 0 Å². The standard InChI is InChI=1S/C22H22ClN3O4/c23-15-9-17-16(8-14(15)12-2-4-13(5-3-12)26-6-1-7-26)24-22(25-17)30-19-11-29-20-18(27)10-28-21(19)20/h2-5,8-9,18-21,27H,1,6-7,10-11H2,(H,24,25)/t18?,19?,20-,21-/m1/s1. The van der Waals surface area contributed by atoms with Gasteiger partial charge >= 0.3 is 0 Å². The summed E-state index contributed by atoms with van der Waals surface area (Å²) in [5.74, 6) is 0. The lowest BCUT2D eigenvalue weighted by Gasteiger charge is -2.33. The topological polar surface area (TPSA) is 79.8 Å². The number of nitrogens with zero attached hydrogens (tertiary/aromatic N) is 2. The zero-order chi connectivity index (χ0) is 20.2. The quantitative estimate of drug-likeness (QED) is 0.666. The molecule has 156 valence electrons. The molecule has 0 bridgehead atoms. The normalized spacial score (nSPS) is 28.0. The number of imidazole rings is 1. The zero-order valence-electron chi connectivity index (χ0n) is 16.3. The Labute approximate surface area is 178 Å². The maximum Gasteiger partial charge on any atom is 0.295 e. The van der Waals surface area contributed by atoms with Crippen LogP contribution >= 0.6 is 11.6 Å². The molecule has 2 aromatic carbocycles. The Morgan fingerprint density at radius 2 is 1.90 bits per heavy atom. The Morgan fingerprint density at radius 3 is 2.67 bits per heavy atom. The summed E-state index contributed by atoms with van der Waals surface area (Å²) in [6.45, 7) is 2.88. The van der Waals surface area contributed by atoms with E-state index in [-0.39, 0.29) is 24.9 Å². The average molecular weight is 428 g/mol. The van der Waals surface area contributed by atoms with Crippen LogP contribution in [0.5, 0.6) is 6.01 Å². The number of aliphatic hydroxyl groups excluding tert-OH is 1. The second-order valence-corrected chi connectivity index (χ2v) is 8.51. The van der Waals surface area contributed by atoms with Gasteiger partial charge in [-0.05, 0) is 36.2 Å². The van der Waals surface area contributed by atoms with Gasteiger partial charge in [0.05, 0.1) is 29.3 Å². The summed E-state index contributed by atoms with van der Waals surface area (Å²) >= 11 is 6.58. The minimum atomic E-state index is -0.604. The molecular formula is C22H22ClN3O4. The van der Waals surface area contributed by atoms with Crippen molar-refractivity contribution in [2.45, 2.75) is 30.8 Å². The van der Waals surface area contributed by atoms with Crippen molar-refractivity contribution in [1.29, 1.82) is 0 Å². The Balaban J connectivity index is 1.25. The Bertz CT molecular complexity index is 1080. The Hall–Kier alpha value is -2.32. The van der Waals surface area contributed by atoms with Crippen LogP contribution in [0.4, 0.5) is 5.69 Å².